The number of rotatable bonds is 13. The Kier molecular flexibility index (Phi) is 6.41. The number of ether oxygens (including phenoxy) is 1. The smallest absolute Gasteiger partial charge is 0.293 e. The Bertz CT molecular complexity index is 689. The number of carbonyl (C=O) groups is 1. The highest BCUT2D eigenvalue weighted by Gasteiger charge is 2.44. The van der Waals surface area contributed by atoms with Crippen LogP contribution in [0.4, 0.5) is 0 Å². The van der Waals surface area contributed by atoms with Gasteiger partial charge in [0.15, 0.2) is 11.5 Å². The summed E-state index contributed by atoms with van der Waals surface area (Å²) < 4.78 is 5.16. The lowest BCUT2D eigenvalue weighted by molar-refractivity contribution is -0.135. The van der Waals surface area contributed by atoms with Gasteiger partial charge in [0, 0.05) is 5.56 Å². The highest BCUT2D eigenvalue weighted by molar-refractivity contribution is 5.56. The summed E-state index contributed by atoms with van der Waals surface area (Å²) in [5, 5.41) is 30.9. The molecular weight excluding hydrogens is 356 g/mol. The molecule has 0 amide bonds. The van der Waals surface area contributed by atoms with Crippen LogP contribution in [0.15, 0.2) is 6.07 Å². The Morgan fingerprint density at radius 2 is 1.61 bits per heavy atom. The second-order valence-electron chi connectivity index (χ2n) is 9.21. The van der Waals surface area contributed by atoms with E-state index in [0.29, 0.717) is 35.9 Å². The summed E-state index contributed by atoms with van der Waals surface area (Å²) in [5.41, 5.74) is 1.47. The molecule has 2 saturated carbocycles. The Labute approximate surface area is 167 Å². The summed E-state index contributed by atoms with van der Waals surface area (Å²) in [7, 11) is 0. The third-order valence-corrected chi connectivity index (χ3v) is 6.67. The van der Waals surface area contributed by atoms with Gasteiger partial charge >= 0.3 is 0 Å². The van der Waals surface area contributed by atoms with Crippen LogP contribution in [0.5, 0.6) is 17.2 Å². The number of phenolic OH excluding ortho intramolecular Hbond substituents is 3. The summed E-state index contributed by atoms with van der Waals surface area (Å²) in [6.45, 7) is 2.87. The monoisotopic (exact) mass is 390 g/mol. The van der Waals surface area contributed by atoms with Crippen LogP contribution in [0.25, 0.3) is 0 Å². The van der Waals surface area contributed by atoms with E-state index in [1.807, 2.05) is 0 Å². The van der Waals surface area contributed by atoms with Gasteiger partial charge in [-0.1, -0.05) is 19.8 Å². The molecule has 0 unspecified atom stereocenters. The summed E-state index contributed by atoms with van der Waals surface area (Å²) in [6, 6.07) is 1.47. The second kappa shape index (κ2) is 8.62. The van der Waals surface area contributed by atoms with Crippen LogP contribution in [0, 0.1) is 5.41 Å². The molecule has 1 aromatic rings. The molecule has 2 fully saturated rings. The van der Waals surface area contributed by atoms with Crippen molar-refractivity contribution in [2.24, 2.45) is 5.41 Å². The summed E-state index contributed by atoms with van der Waals surface area (Å²) >= 11 is 0. The molecule has 0 saturated heterocycles. The van der Waals surface area contributed by atoms with Crippen molar-refractivity contribution < 1.29 is 24.9 Å². The van der Waals surface area contributed by atoms with Gasteiger partial charge in [-0.2, -0.15) is 0 Å². The average molecular weight is 391 g/mol. The molecule has 5 nitrogen and oxygen atoms in total. The molecule has 0 atom stereocenters. The van der Waals surface area contributed by atoms with Gasteiger partial charge in [-0.15, -0.1) is 0 Å². The van der Waals surface area contributed by atoms with Crippen molar-refractivity contribution in [3.63, 3.8) is 0 Å². The van der Waals surface area contributed by atoms with E-state index in [9.17, 15) is 20.1 Å². The Hall–Kier alpha value is -1.91. The van der Waals surface area contributed by atoms with E-state index < -0.39 is 0 Å². The molecule has 5 heteroatoms. The van der Waals surface area contributed by atoms with Crippen molar-refractivity contribution in [3.05, 3.63) is 17.2 Å². The maximum absolute atomic E-state index is 10.6. The molecule has 0 spiro atoms. The molecule has 3 N–H and O–H groups in total. The lowest BCUT2D eigenvalue weighted by Gasteiger charge is -2.15. The molecule has 2 aliphatic rings. The fourth-order valence-corrected chi connectivity index (χ4v) is 4.11. The third-order valence-electron chi connectivity index (χ3n) is 6.67. The largest absolute Gasteiger partial charge is 0.507 e. The topological polar surface area (TPSA) is 87.0 Å². The standard InChI is InChI=1S/C23H34O5/c1-22(11-12-22)9-5-2-3-8-18-20(26)17(15-19(25)21(18)27)7-4-6-10-23(13-14-23)28-16-24/h15-16,25-27H,2-14H2,1H3. The molecule has 156 valence electrons. The van der Waals surface area contributed by atoms with Crippen LogP contribution in [0.2, 0.25) is 0 Å². The van der Waals surface area contributed by atoms with Crippen molar-refractivity contribution in [1.29, 1.82) is 0 Å². The second-order valence-corrected chi connectivity index (χ2v) is 9.21. The number of unbranched alkanes of at least 4 members (excludes halogenated alkanes) is 3. The van der Waals surface area contributed by atoms with E-state index in [4.69, 9.17) is 4.74 Å². The van der Waals surface area contributed by atoms with Crippen LogP contribution < -0.4 is 0 Å². The molecule has 0 aliphatic heterocycles. The summed E-state index contributed by atoms with van der Waals surface area (Å²) in [5.74, 6) is -0.224. The van der Waals surface area contributed by atoms with Gasteiger partial charge < -0.3 is 20.1 Å². The first-order chi connectivity index (χ1) is 13.4. The maximum Gasteiger partial charge on any atom is 0.293 e. The van der Waals surface area contributed by atoms with Gasteiger partial charge in [0.25, 0.3) is 6.47 Å². The van der Waals surface area contributed by atoms with Crippen molar-refractivity contribution in [2.45, 2.75) is 96.0 Å². The van der Waals surface area contributed by atoms with Crippen LogP contribution in [0.3, 0.4) is 0 Å². The van der Waals surface area contributed by atoms with Crippen LogP contribution in [0.1, 0.15) is 88.7 Å². The molecule has 2 aliphatic carbocycles. The SMILES string of the molecule is CC1(CCCCCc2c(O)c(O)cc(CCCCC3(OC=O)CC3)c2O)CC1. The molecule has 0 aromatic heterocycles. The highest BCUT2D eigenvalue weighted by atomic mass is 16.5. The van der Waals surface area contributed by atoms with Crippen molar-refractivity contribution >= 4 is 6.47 Å². The first-order valence-electron chi connectivity index (χ1n) is 10.8. The fraction of sp³-hybridized carbons (Fsp3) is 0.696. The first-order valence-corrected chi connectivity index (χ1v) is 10.8. The maximum atomic E-state index is 10.6. The van der Waals surface area contributed by atoms with Crippen molar-refractivity contribution in [3.8, 4) is 17.2 Å². The number of aromatic hydroxyl groups is 3. The average Bonchev–Trinajstić information content (AvgIpc) is 3.58. The number of phenols is 3. The van der Waals surface area contributed by atoms with Crippen LogP contribution in [-0.4, -0.2) is 27.4 Å². The lowest BCUT2D eigenvalue weighted by Crippen LogP contribution is -2.12. The Morgan fingerprint density at radius 3 is 2.25 bits per heavy atom. The van der Waals surface area contributed by atoms with Crippen LogP contribution in [-0.2, 0) is 22.4 Å². The third kappa shape index (κ3) is 5.33. The normalized spacial score (nSPS) is 18.6. The van der Waals surface area contributed by atoms with E-state index in [1.165, 1.54) is 31.7 Å². The van der Waals surface area contributed by atoms with Gasteiger partial charge in [0.05, 0.1) is 0 Å². The van der Waals surface area contributed by atoms with Gasteiger partial charge in [-0.3, -0.25) is 4.79 Å². The quantitative estimate of drug-likeness (QED) is 0.188. The minimum atomic E-state index is -0.246. The van der Waals surface area contributed by atoms with E-state index in [-0.39, 0.29) is 22.8 Å². The highest BCUT2D eigenvalue weighted by Crippen LogP contribution is 2.49. The van der Waals surface area contributed by atoms with Crippen LogP contribution >= 0.6 is 0 Å². The fourth-order valence-electron chi connectivity index (χ4n) is 4.11. The molecule has 0 radical (unpaired) electrons. The lowest BCUT2D eigenvalue weighted by atomic mass is 9.96. The zero-order valence-corrected chi connectivity index (χ0v) is 17.0. The van der Waals surface area contributed by atoms with E-state index >= 15 is 0 Å². The molecule has 0 bridgehead atoms. The van der Waals surface area contributed by atoms with E-state index in [2.05, 4.69) is 6.92 Å². The number of aryl methyl sites for hydroxylation is 1. The number of carbonyl (C=O) groups excluding carboxylic acids is 1. The Balaban J connectivity index is 1.48. The molecular formula is C23H34O5. The van der Waals surface area contributed by atoms with Gasteiger partial charge in [-0.05, 0) is 87.7 Å². The van der Waals surface area contributed by atoms with Crippen molar-refractivity contribution in [2.75, 3.05) is 0 Å². The summed E-state index contributed by atoms with van der Waals surface area (Å²) in [6.07, 6.45) is 12.7. The number of hydrogen-bond acceptors (Lipinski definition) is 5. The first kappa shape index (κ1) is 20.8. The van der Waals surface area contributed by atoms with Gasteiger partial charge in [0.1, 0.15) is 11.4 Å². The number of hydrogen-bond donors (Lipinski definition) is 3. The number of benzene rings is 1. The predicted molar refractivity (Wildman–Crippen MR) is 108 cm³/mol. The van der Waals surface area contributed by atoms with Gasteiger partial charge in [-0.25, -0.2) is 0 Å². The Morgan fingerprint density at radius 1 is 0.929 bits per heavy atom. The van der Waals surface area contributed by atoms with E-state index in [1.54, 1.807) is 0 Å². The zero-order valence-electron chi connectivity index (χ0n) is 17.0. The minimum Gasteiger partial charge on any atom is -0.507 e. The van der Waals surface area contributed by atoms with Gasteiger partial charge in [0.2, 0.25) is 0 Å². The predicted octanol–water partition coefficient (Wildman–Crippen LogP) is 5.12. The molecule has 3 rings (SSSR count). The molecule has 28 heavy (non-hydrogen) atoms. The molecule has 0 heterocycles. The zero-order chi connectivity index (χ0) is 20.2. The molecule has 1 aromatic carbocycles. The summed E-state index contributed by atoms with van der Waals surface area (Å²) in [4.78, 5) is 10.5. The van der Waals surface area contributed by atoms with E-state index in [0.717, 1.165) is 44.9 Å². The van der Waals surface area contributed by atoms with Crippen molar-refractivity contribution in [1.82, 2.24) is 0 Å². The minimum absolute atomic E-state index is 0.120.